The van der Waals surface area contributed by atoms with Crippen LogP contribution in [0.15, 0.2) is 60.7 Å². The minimum absolute atomic E-state index is 0.327. The minimum atomic E-state index is -0.643. The smallest absolute Gasteiger partial charge is 0.0992 e. The van der Waals surface area contributed by atoms with Gasteiger partial charge in [0.05, 0.1) is 5.60 Å². The summed E-state index contributed by atoms with van der Waals surface area (Å²) in [5, 5.41) is 11.6. The number of rotatable bonds is 4. The second kappa shape index (κ2) is 6.91. The number of hydrogen-bond acceptors (Lipinski definition) is 3. The quantitative estimate of drug-likeness (QED) is 0.923. The average molecular weight is 340 g/mol. The Labute approximate surface area is 148 Å². The van der Waals surface area contributed by atoms with Crippen molar-refractivity contribution in [2.75, 3.05) is 31.1 Å². The molecule has 2 fully saturated rings. The van der Waals surface area contributed by atoms with Crippen molar-refractivity contribution in [2.24, 2.45) is 11.8 Å². The predicted octanol–water partition coefficient (Wildman–Crippen LogP) is 3.41. The van der Waals surface area contributed by atoms with Gasteiger partial charge in [0.25, 0.3) is 0 Å². The molecule has 2 aromatic rings. The van der Waals surface area contributed by atoms with E-state index in [0.29, 0.717) is 11.8 Å². The van der Waals surface area contributed by atoms with E-state index in [9.17, 15) is 5.11 Å². The highest BCUT2D eigenvalue weighted by atomic mass is 32.2. The number of nitrogens with zero attached hydrogens (tertiary/aromatic N) is 1. The molecule has 2 aromatic carbocycles. The van der Waals surface area contributed by atoms with E-state index in [2.05, 4.69) is 59.5 Å². The van der Waals surface area contributed by atoms with Gasteiger partial charge in [-0.05, 0) is 17.5 Å². The fraction of sp³-hybridized carbons (Fsp3) is 0.429. The van der Waals surface area contributed by atoms with Gasteiger partial charge in [0, 0.05) is 43.0 Å². The predicted molar refractivity (Wildman–Crippen MR) is 101 cm³/mol. The van der Waals surface area contributed by atoms with E-state index < -0.39 is 5.60 Å². The van der Waals surface area contributed by atoms with Crippen molar-refractivity contribution >= 4 is 11.8 Å². The number of thioether (sulfide) groups is 1. The Kier molecular flexibility index (Phi) is 4.66. The number of piperidine rings is 1. The molecule has 2 saturated heterocycles. The van der Waals surface area contributed by atoms with Gasteiger partial charge >= 0.3 is 0 Å². The first-order chi connectivity index (χ1) is 11.8. The van der Waals surface area contributed by atoms with Crippen LogP contribution in [-0.2, 0) is 12.0 Å². The van der Waals surface area contributed by atoms with Gasteiger partial charge in [-0.2, -0.15) is 11.8 Å². The van der Waals surface area contributed by atoms with E-state index in [0.717, 1.165) is 43.1 Å². The number of fused-ring (bicyclic) bond motifs is 2. The summed E-state index contributed by atoms with van der Waals surface area (Å²) in [6.07, 6.45) is 1.09. The van der Waals surface area contributed by atoms with Gasteiger partial charge in [0.1, 0.15) is 0 Å². The highest BCUT2D eigenvalue weighted by Crippen LogP contribution is 2.47. The van der Waals surface area contributed by atoms with Gasteiger partial charge in [0.2, 0.25) is 0 Å². The van der Waals surface area contributed by atoms with Crippen molar-refractivity contribution in [1.29, 1.82) is 0 Å². The highest BCUT2D eigenvalue weighted by Gasteiger charge is 2.51. The third-order valence-corrected chi connectivity index (χ3v) is 6.91. The molecule has 24 heavy (non-hydrogen) atoms. The number of aliphatic hydroxyl groups is 1. The molecular formula is C21H25NOS. The van der Waals surface area contributed by atoms with Crippen LogP contribution in [0.1, 0.15) is 11.1 Å². The molecule has 2 nitrogen and oxygen atoms in total. The van der Waals surface area contributed by atoms with Crippen LogP contribution in [0, 0.1) is 11.8 Å². The van der Waals surface area contributed by atoms with Crippen LogP contribution in [0.3, 0.4) is 0 Å². The van der Waals surface area contributed by atoms with Crippen molar-refractivity contribution in [3.63, 3.8) is 0 Å². The summed E-state index contributed by atoms with van der Waals surface area (Å²) in [4.78, 5) is 2.57. The summed E-state index contributed by atoms with van der Waals surface area (Å²) < 4.78 is 0. The lowest BCUT2D eigenvalue weighted by molar-refractivity contribution is -0.112. The number of hydrogen-bond donors (Lipinski definition) is 1. The van der Waals surface area contributed by atoms with Crippen LogP contribution in [0.5, 0.6) is 0 Å². The largest absolute Gasteiger partial charge is 0.384 e. The number of benzene rings is 2. The maximum Gasteiger partial charge on any atom is 0.0992 e. The molecular weight excluding hydrogens is 314 g/mol. The van der Waals surface area contributed by atoms with Gasteiger partial charge in [-0.1, -0.05) is 60.7 Å². The van der Waals surface area contributed by atoms with Crippen LogP contribution >= 0.6 is 11.8 Å². The molecule has 0 radical (unpaired) electrons. The van der Waals surface area contributed by atoms with E-state index in [1.807, 2.05) is 17.8 Å². The lowest BCUT2D eigenvalue weighted by atomic mass is 9.70. The Morgan fingerprint density at radius 1 is 0.917 bits per heavy atom. The molecule has 3 heteroatoms. The zero-order valence-corrected chi connectivity index (χ0v) is 14.8. The summed E-state index contributed by atoms with van der Waals surface area (Å²) >= 11 is 2.01. The number of likely N-dealkylation sites (tertiary alicyclic amines) is 1. The first-order valence-electron chi connectivity index (χ1n) is 8.88. The zero-order chi connectivity index (χ0) is 16.4. The molecule has 0 amide bonds. The second-order valence-electron chi connectivity index (χ2n) is 7.12. The molecule has 0 aliphatic carbocycles. The Morgan fingerprint density at radius 2 is 1.50 bits per heavy atom. The van der Waals surface area contributed by atoms with Crippen LogP contribution in [0.2, 0.25) is 0 Å². The normalized spacial score (nSPS) is 30.2. The lowest BCUT2D eigenvalue weighted by Crippen LogP contribution is -2.60. The van der Waals surface area contributed by atoms with E-state index >= 15 is 0 Å². The fourth-order valence-electron chi connectivity index (χ4n) is 4.31. The standard InChI is InChI=1S/C21H25NOS/c23-21(18-9-5-2-6-10-18)19-13-22(14-20(21)16-24-15-19)12-11-17-7-3-1-4-8-17/h1-10,19-20,23H,11-16H2. The molecule has 126 valence electrons. The Bertz CT molecular complexity index is 646. The summed E-state index contributed by atoms with van der Waals surface area (Å²) in [6, 6.07) is 21.1. The zero-order valence-electron chi connectivity index (χ0n) is 14.0. The molecule has 0 aromatic heterocycles. The molecule has 1 N–H and O–H groups in total. The first kappa shape index (κ1) is 16.2. The molecule has 2 unspecified atom stereocenters. The maximum absolute atomic E-state index is 11.6. The Morgan fingerprint density at radius 3 is 2.12 bits per heavy atom. The summed E-state index contributed by atoms with van der Waals surface area (Å²) in [5.41, 5.74) is 1.87. The minimum Gasteiger partial charge on any atom is -0.384 e. The van der Waals surface area contributed by atoms with Gasteiger partial charge in [0.15, 0.2) is 0 Å². The van der Waals surface area contributed by atoms with Gasteiger partial charge < -0.3 is 10.0 Å². The molecule has 0 saturated carbocycles. The van der Waals surface area contributed by atoms with E-state index in [-0.39, 0.29) is 0 Å². The average Bonchev–Trinajstić information content (AvgIpc) is 2.62. The van der Waals surface area contributed by atoms with Crippen LogP contribution in [-0.4, -0.2) is 41.1 Å². The van der Waals surface area contributed by atoms with Crippen LogP contribution in [0.25, 0.3) is 0 Å². The molecule has 2 aliphatic rings. The molecule has 2 heterocycles. The highest BCUT2D eigenvalue weighted by molar-refractivity contribution is 7.99. The monoisotopic (exact) mass is 339 g/mol. The topological polar surface area (TPSA) is 23.5 Å². The molecule has 0 spiro atoms. The molecule has 2 aliphatic heterocycles. The second-order valence-corrected chi connectivity index (χ2v) is 8.19. The van der Waals surface area contributed by atoms with Crippen LogP contribution < -0.4 is 0 Å². The third kappa shape index (κ3) is 3.01. The summed E-state index contributed by atoms with van der Waals surface area (Å²) in [5.74, 6) is 2.77. The first-order valence-corrected chi connectivity index (χ1v) is 10.0. The van der Waals surface area contributed by atoms with E-state index in [1.165, 1.54) is 5.56 Å². The van der Waals surface area contributed by atoms with Crippen molar-refractivity contribution in [2.45, 2.75) is 12.0 Å². The SMILES string of the molecule is OC1(c2ccccc2)C2CSCC1CN(CCc1ccccc1)C2. The van der Waals surface area contributed by atoms with Crippen LogP contribution in [0.4, 0.5) is 0 Å². The van der Waals surface area contributed by atoms with Crippen molar-refractivity contribution < 1.29 is 5.11 Å². The van der Waals surface area contributed by atoms with Crippen molar-refractivity contribution in [3.05, 3.63) is 71.8 Å². The van der Waals surface area contributed by atoms with E-state index in [1.54, 1.807) is 0 Å². The van der Waals surface area contributed by atoms with Crippen molar-refractivity contribution in [3.8, 4) is 0 Å². The third-order valence-electron chi connectivity index (χ3n) is 5.64. The van der Waals surface area contributed by atoms with Gasteiger partial charge in [-0.25, -0.2) is 0 Å². The van der Waals surface area contributed by atoms with Gasteiger partial charge in [-0.15, -0.1) is 0 Å². The molecule has 2 atom stereocenters. The Balaban J connectivity index is 1.49. The molecule has 4 rings (SSSR count). The van der Waals surface area contributed by atoms with Gasteiger partial charge in [-0.3, -0.25) is 0 Å². The lowest BCUT2D eigenvalue weighted by Gasteiger charge is -2.53. The maximum atomic E-state index is 11.6. The Hall–Kier alpha value is -1.29. The fourth-order valence-corrected chi connectivity index (χ4v) is 5.74. The van der Waals surface area contributed by atoms with Crippen molar-refractivity contribution in [1.82, 2.24) is 4.90 Å². The summed E-state index contributed by atoms with van der Waals surface area (Å²) in [6.45, 7) is 3.09. The molecule has 2 bridgehead atoms. The van der Waals surface area contributed by atoms with E-state index in [4.69, 9.17) is 0 Å². The summed E-state index contributed by atoms with van der Waals surface area (Å²) in [7, 11) is 0.